The minimum atomic E-state index is -3.63. The van der Waals surface area contributed by atoms with Crippen molar-refractivity contribution >= 4 is 27.3 Å². The lowest BCUT2D eigenvalue weighted by Gasteiger charge is -2.16. The highest BCUT2D eigenvalue weighted by Crippen LogP contribution is 2.26. The average Bonchev–Trinajstić information content (AvgIpc) is 2.60. The quantitative estimate of drug-likeness (QED) is 0.870. The largest absolute Gasteiger partial charge is 0.477 e. The van der Waals surface area contributed by atoms with E-state index < -0.39 is 16.0 Å². The molecule has 1 heterocycles. The van der Waals surface area contributed by atoms with Crippen molar-refractivity contribution in [1.29, 1.82) is 0 Å². The van der Waals surface area contributed by atoms with Crippen molar-refractivity contribution in [3.8, 4) is 0 Å². The zero-order valence-electron chi connectivity index (χ0n) is 10.7. The number of sulfonamides is 1. The maximum atomic E-state index is 12.0. The fraction of sp³-hybridized carbons (Fsp3) is 0.545. The molecule has 0 aliphatic carbocycles. The van der Waals surface area contributed by atoms with Crippen molar-refractivity contribution in [3.63, 3.8) is 0 Å². The van der Waals surface area contributed by atoms with Crippen LogP contribution in [0.15, 0.2) is 10.3 Å². The van der Waals surface area contributed by atoms with Crippen LogP contribution in [0.4, 0.5) is 0 Å². The van der Waals surface area contributed by atoms with E-state index in [2.05, 4.69) is 4.72 Å². The maximum Gasteiger partial charge on any atom is 0.346 e. The van der Waals surface area contributed by atoms with E-state index in [1.54, 1.807) is 13.8 Å². The maximum absolute atomic E-state index is 12.0. The van der Waals surface area contributed by atoms with Crippen molar-refractivity contribution in [2.75, 3.05) is 0 Å². The first-order valence-electron chi connectivity index (χ1n) is 5.51. The normalized spacial score (nSPS) is 13.8. The van der Waals surface area contributed by atoms with Crippen LogP contribution in [-0.4, -0.2) is 25.5 Å². The zero-order chi connectivity index (χ0) is 14.1. The Bertz CT molecular complexity index is 545. The number of carboxylic acid groups (broad SMARTS) is 1. The molecule has 0 saturated heterocycles. The van der Waals surface area contributed by atoms with Gasteiger partial charge < -0.3 is 5.11 Å². The monoisotopic (exact) mass is 291 g/mol. The smallest absolute Gasteiger partial charge is 0.346 e. The lowest BCUT2D eigenvalue weighted by Crippen LogP contribution is -2.35. The summed E-state index contributed by atoms with van der Waals surface area (Å²) in [4.78, 5) is 11.0. The first kappa shape index (κ1) is 15.1. The molecule has 0 radical (unpaired) electrons. The second-order valence-corrected chi connectivity index (χ2v) is 7.53. The van der Waals surface area contributed by atoms with E-state index in [1.807, 2.05) is 13.8 Å². The summed E-state index contributed by atoms with van der Waals surface area (Å²) < 4.78 is 26.7. The van der Waals surface area contributed by atoms with Gasteiger partial charge in [-0.1, -0.05) is 13.8 Å². The first-order valence-corrected chi connectivity index (χ1v) is 7.81. The van der Waals surface area contributed by atoms with Gasteiger partial charge in [0.2, 0.25) is 10.0 Å². The third-order valence-electron chi connectivity index (χ3n) is 2.70. The number of aryl methyl sites for hydroxylation is 1. The van der Waals surface area contributed by atoms with E-state index in [1.165, 1.54) is 6.07 Å². The summed E-state index contributed by atoms with van der Waals surface area (Å²) in [6.45, 7) is 7.19. The third-order valence-corrected chi connectivity index (χ3v) is 5.95. The molecule has 102 valence electrons. The van der Waals surface area contributed by atoms with E-state index >= 15 is 0 Å². The molecule has 0 aromatic carbocycles. The van der Waals surface area contributed by atoms with Gasteiger partial charge in [0.25, 0.3) is 0 Å². The summed E-state index contributed by atoms with van der Waals surface area (Å²) in [7, 11) is -3.63. The Labute approximate surface area is 111 Å². The van der Waals surface area contributed by atoms with Crippen molar-refractivity contribution in [2.24, 2.45) is 5.92 Å². The summed E-state index contributed by atoms with van der Waals surface area (Å²) in [5.41, 5.74) is 0.463. The molecular weight excluding hydrogens is 274 g/mol. The van der Waals surface area contributed by atoms with Crippen LogP contribution in [0.5, 0.6) is 0 Å². The minimum absolute atomic E-state index is 0.0462. The highest BCUT2D eigenvalue weighted by molar-refractivity contribution is 7.91. The SMILES string of the molecule is Cc1cc(S(=O)(=O)NC(C)C(C)C)sc1C(=O)O. The van der Waals surface area contributed by atoms with Gasteiger partial charge in [-0.25, -0.2) is 17.9 Å². The summed E-state index contributed by atoms with van der Waals surface area (Å²) >= 11 is 0.778. The summed E-state index contributed by atoms with van der Waals surface area (Å²) in [6.07, 6.45) is 0. The van der Waals surface area contributed by atoms with E-state index in [4.69, 9.17) is 5.11 Å². The Morgan fingerprint density at radius 2 is 1.94 bits per heavy atom. The number of nitrogens with one attached hydrogen (secondary N) is 1. The Morgan fingerprint density at radius 3 is 2.33 bits per heavy atom. The molecule has 0 saturated carbocycles. The Morgan fingerprint density at radius 1 is 1.39 bits per heavy atom. The second kappa shape index (κ2) is 5.38. The van der Waals surface area contributed by atoms with Gasteiger partial charge in [-0.15, -0.1) is 11.3 Å². The number of carbonyl (C=O) groups is 1. The Kier molecular flexibility index (Phi) is 4.52. The van der Waals surface area contributed by atoms with Crippen LogP contribution in [-0.2, 0) is 10.0 Å². The van der Waals surface area contributed by atoms with E-state index in [9.17, 15) is 13.2 Å². The Hall–Kier alpha value is -0.920. The number of aromatic carboxylic acids is 1. The van der Waals surface area contributed by atoms with Crippen LogP contribution in [0, 0.1) is 12.8 Å². The van der Waals surface area contributed by atoms with Crippen molar-refractivity contribution in [1.82, 2.24) is 4.72 Å². The number of rotatable bonds is 5. The number of hydrogen-bond donors (Lipinski definition) is 2. The van der Waals surface area contributed by atoms with Gasteiger partial charge in [0, 0.05) is 6.04 Å². The van der Waals surface area contributed by atoms with Crippen molar-refractivity contribution < 1.29 is 18.3 Å². The minimum Gasteiger partial charge on any atom is -0.477 e. The number of carboxylic acids is 1. The van der Waals surface area contributed by atoms with Crippen LogP contribution in [0.1, 0.15) is 36.0 Å². The van der Waals surface area contributed by atoms with Gasteiger partial charge in [0.15, 0.2) is 0 Å². The standard InChI is InChI=1S/C11H17NO4S2/c1-6(2)8(4)12-18(15,16)9-5-7(3)10(17-9)11(13)14/h5-6,8,12H,1-4H3,(H,13,14). The third kappa shape index (κ3) is 3.30. The molecule has 18 heavy (non-hydrogen) atoms. The van der Waals surface area contributed by atoms with Gasteiger partial charge >= 0.3 is 5.97 Å². The van der Waals surface area contributed by atoms with Gasteiger partial charge in [-0.05, 0) is 31.4 Å². The molecule has 0 fully saturated rings. The first-order chi connectivity index (χ1) is 8.15. The van der Waals surface area contributed by atoms with Crippen LogP contribution in [0.2, 0.25) is 0 Å². The van der Waals surface area contributed by atoms with Gasteiger partial charge in [-0.3, -0.25) is 0 Å². The molecule has 1 atom stereocenters. The van der Waals surface area contributed by atoms with Gasteiger partial charge in [0.05, 0.1) is 0 Å². The average molecular weight is 291 g/mol. The molecule has 7 heteroatoms. The van der Waals surface area contributed by atoms with Crippen LogP contribution < -0.4 is 4.72 Å². The molecule has 0 amide bonds. The van der Waals surface area contributed by atoms with Crippen molar-refractivity contribution in [3.05, 3.63) is 16.5 Å². The van der Waals surface area contributed by atoms with Crippen LogP contribution >= 0.6 is 11.3 Å². The van der Waals surface area contributed by atoms with Gasteiger partial charge in [-0.2, -0.15) is 0 Å². The van der Waals surface area contributed by atoms with Crippen molar-refractivity contribution in [2.45, 2.75) is 37.9 Å². The Balaban J connectivity index is 3.06. The fourth-order valence-corrected chi connectivity index (χ4v) is 4.02. The summed E-state index contributed by atoms with van der Waals surface area (Å²) in [5, 5.41) is 8.91. The predicted octanol–water partition coefficient (Wildman–Crippen LogP) is 2.08. The lowest BCUT2D eigenvalue weighted by molar-refractivity contribution is 0.0701. The fourth-order valence-electron chi connectivity index (χ4n) is 1.24. The number of thiophene rings is 1. The second-order valence-electron chi connectivity index (χ2n) is 4.54. The molecule has 0 bridgehead atoms. The molecule has 1 aromatic heterocycles. The van der Waals surface area contributed by atoms with E-state index in [-0.39, 0.29) is 21.0 Å². The van der Waals surface area contributed by atoms with Gasteiger partial charge in [0.1, 0.15) is 9.09 Å². The lowest BCUT2D eigenvalue weighted by atomic mass is 10.1. The molecule has 0 aliphatic rings. The molecule has 1 rings (SSSR count). The molecule has 1 unspecified atom stereocenters. The molecule has 0 spiro atoms. The van der Waals surface area contributed by atoms with Crippen LogP contribution in [0.25, 0.3) is 0 Å². The topological polar surface area (TPSA) is 83.5 Å². The van der Waals surface area contributed by atoms with E-state index in [0.717, 1.165) is 11.3 Å². The molecule has 0 aliphatic heterocycles. The molecule has 2 N–H and O–H groups in total. The highest BCUT2D eigenvalue weighted by atomic mass is 32.2. The number of hydrogen-bond acceptors (Lipinski definition) is 4. The molecular formula is C11H17NO4S2. The van der Waals surface area contributed by atoms with E-state index in [0.29, 0.717) is 5.56 Å². The predicted molar refractivity (Wildman–Crippen MR) is 70.6 cm³/mol. The molecule has 1 aromatic rings. The highest BCUT2D eigenvalue weighted by Gasteiger charge is 2.24. The zero-order valence-corrected chi connectivity index (χ0v) is 12.4. The summed E-state index contributed by atoms with van der Waals surface area (Å²) in [5.74, 6) is -0.935. The van der Waals surface area contributed by atoms with Crippen LogP contribution in [0.3, 0.4) is 0 Å². The molecule has 5 nitrogen and oxygen atoms in total. The summed E-state index contributed by atoms with van der Waals surface area (Å²) in [6, 6.07) is 1.19.